The Balaban J connectivity index is 2.92. The van der Waals surface area contributed by atoms with Crippen molar-refractivity contribution >= 4 is 17.8 Å². The number of esters is 1. The fourth-order valence-electron chi connectivity index (χ4n) is 2.32. The highest BCUT2D eigenvalue weighted by molar-refractivity contribution is 6.01. The van der Waals surface area contributed by atoms with Gasteiger partial charge in [0, 0.05) is 12.2 Å². The molecule has 0 aliphatic rings. The summed E-state index contributed by atoms with van der Waals surface area (Å²) in [6, 6.07) is 0. The first-order chi connectivity index (χ1) is 11.0. The van der Waals surface area contributed by atoms with Crippen LogP contribution in [0, 0.1) is 6.92 Å². The molecule has 0 atom stereocenters. The summed E-state index contributed by atoms with van der Waals surface area (Å²) < 4.78 is 4.78. The number of carbonyl (C=O) groups is 3. The monoisotopic (exact) mass is 323 g/mol. The minimum absolute atomic E-state index is 0.101. The number of amides is 2. The second kappa shape index (κ2) is 8.97. The first-order valence-corrected chi connectivity index (χ1v) is 7.80. The number of aryl methyl sites for hydroxylation is 1. The molecule has 0 saturated carbocycles. The zero-order valence-electron chi connectivity index (χ0n) is 14.2. The van der Waals surface area contributed by atoms with E-state index in [0.717, 1.165) is 12.8 Å². The Hall–Kier alpha value is -2.31. The molecule has 0 aliphatic heterocycles. The molecule has 1 aromatic heterocycles. The van der Waals surface area contributed by atoms with Crippen molar-refractivity contribution in [3.05, 3.63) is 22.5 Å². The Morgan fingerprint density at radius 3 is 2.39 bits per heavy atom. The Kier molecular flexibility index (Phi) is 7.31. The van der Waals surface area contributed by atoms with Gasteiger partial charge in [-0.05, 0) is 25.3 Å². The zero-order valence-corrected chi connectivity index (χ0v) is 14.2. The van der Waals surface area contributed by atoms with Crippen molar-refractivity contribution in [1.29, 1.82) is 0 Å². The van der Waals surface area contributed by atoms with E-state index in [1.807, 2.05) is 13.8 Å². The van der Waals surface area contributed by atoms with Crippen molar-refractivity contribution in [2.75, 3.05) is 20.2 Å². The first kappa shape index (κ1) is 18.7. The maximum atomic E-state index is 12.3. The van der Waals surface area contributed by atoms with Crippen LogP contribution in [0.5, 0.6) is 0 Å². The summed E-state index contributed by atoms with van der Waals surface area (Å²) in [5.74, 6) is -1.12. The average Bonchev–Trinajstić information content (AvgIpc) is 2.86. The molecular formula is C16H25N3O4. The maximum Gasteiger partial charge on any atom is 0.339 e. The molecule has 1 aromatic rings. The van der Waals surface area contributed by atoms with E-state index < -0.39 is 11.9 Å². The van der Waals surface area contributed by atoms with Crippen LogP contribution in [0.25, 0.3) is 0 Å². The smallest absolute Gasteiger partial charge is 0.339 e. The molecular weight excluding hydrogens is 298 g/mol. The maximum absolute atomic E-state index is 12.3. The third-order valence-corrected chi connectivity index (χ3v) is 3.39. The lowest BCUT2D eigenvalue weighted by Gasteiger charge is -2.07. The second-order valence-corrected chi connectivity index (χ2v) is 5.25. The summed E-state index contributed by atoms with van der Waals surface area (Å²) in [6.45, 7) is 6.10. The van der Waals surface area contributed by atoms with Crippen molar-refractivity contribution < 1.29 is 19.1 Å². The fraction of sp³-hybridized carbons (Fsp3) is 0.562. The number of ether oxygens (including phenoxy) is 1. The van der Waals surface area contributed by atoms with Crippen LogP contribution in [0.2, 0.25) is 0 Å². The molecule has 0 spiro atoms. The van der Waals surface area contributed by atoms with Gasteiger partial charge in [0.25, 0.3) is 5.91 Å². The van der Waals surface area contributed by atoms with Gasteiger partial charge in [-0.1, -0.05) is 20.3 Å². The van der Waals surface area contributed by atoms with Crippen molar-refractivity contribution in [1.82, 2.24) is 15.6 Å². The van der Waals surface area contributed by atoms with E-state index >= 15 is 0 Å². The van der Waals surface area contributed by atoms with E-state index in [2.05, 4.69) is 15.6 Å². The predicted molar refractivity (Wildman–Crippen MR) is 86.5 cm³/mol. The standard InChI is InChI=1S/C16H25N3O4/c1-5-7-11-13(16(22)23-4)10(3)19-14(11)15(21)18-9-12(20)17-8-6-2/h19H,5-9H2,1-4H3,(H,17,20)(H,18,21). The number of H-pyrrole nitrogens is 1. The Morgan fingerprint density at radius 2 is 1.83 bits per heavy atom. The highest BCUT2D eigenvalue weighted by Crippen LogP contribution is 2.21. The van der Waals surface area contributed by atoms with E-state index in [1.54, 1.807) is 6.92 Å². The fourth-order valence-corrected chi connectivity index (χ4v) is 2.32. The number of hydrogen-bond acceptors (Lipinski definition) is 4. The quantitative estimate of drug-likeness (QED) is 0.628. The zero-order chi connectivity index (χ0) is 17.4. The lowest BCUT2D eigenvalue weighted by molar-refractivity contribution is -0.120. The molecule has 7 heteroatoms. The van der Waals surface area contributed by atoms with Crippen LogP contribution < -0.4 is 10.6 Å². The Labute approximate surface area is 136 Å². The van der Waals surface area contributed by atoms with Crippen LogP contribution in [0.15, 0.2) is 0 Å². The second-order valence-electron chi connectivity index (χ2n) is 5.25. The van der Waals surface area contributed by atoms with Gasteiger partial charge in [-0.3, -0.25) is 9.59 Å². The molecule has 128 valence electrons. The topological polar surface area (TPSA) is 100 Å². The van der Waals surface area contributed by atoms with Gasteiger partial charge in [0.05, 0.1) is 19.2 Å². The number of nitrogens with one attached hydrogen (secondary N) is 3. The molecule has 1 rings (SSSR count). The van der Waals surface area contributed by atoms with E-state index in [1.165, 1.54) is 7.11 Å². The molecule has 0 bridgehead atoms. The molecule has 0 fully saturated rings. The molecule has 0 saturated heterocycles. The predicted octanol–water partition coefficient (Wildman–Crippen LogP) is 1.32. The van der Waals surface area contributed by atoms with Crippen LogP contribution in [0.3, 0.4) is 0 Å². The van der Waals surface area contributed by atoms with Gasteiger partial charge in [0.15, 0.2) is 0 Å². The third-order valence-electron chi connectivity index (χ3n) is 3.39. The molecule has 0 aliphatic carbocycles. The molecule has 7 nitrogen and oxygen atoms in total. The lowest BCUT2D eigenvalue weighted by atomic mass is 10.0. The van der Waals surface area contributed by atoms with Gasteiger partial charge < -0.3 is 20.4 Å². The molecule has 0 unspecified atom stereocenters. The first-order valence-electron chi connectivity index (χ1n) is 7.80. The normalized spacial score (nSPS) is 10.3. The summed E-state index contributed by atoms with van der Waals surface area (Å²) in [7, 11) is 1.31. The Bertz CT molecular complexity index is 578. The summed E-state index contributed by atoms with van der Waals surface area (Å²) in [4.78, 5) is 38.7. The summed E-state index contributed by atoms with van der Waals surface area (Å²) in [6.07, 6.45) is 2.18. The van der Waals surface area contributed by atoms with E-state index in [4.69, 9.17) is 4.74 Å². The minimum Gasteiger partial charge on any atom is -0.465 e. The van der Waals surface area contributed by atoms with E-state index in [9.17, 15) is 14.4 Å². The highest BCUT2D eigenvalue weighted by atomic mass is 16.5. The van der Waals surface area contributed by atoms with Crippen LogP contribution in [-0.2, 0) is 16.0 Å². The molecule has 3 N–H and O–H groups in total. The molecule has 0 radical (unpaired) electrons. The number of hydrogen-bond donors (Lipinski definition) is 3. The van der Waals surface area contributed by atoms with Crippen molar-refractivity contribution in [3.63, 3.8) is 0 Å². The molecule has 1 heterocycles. The molecule has 0 aromatic carbocycles. The Morgan fingerprint density at radius 1 is 1.13 bits per heavy atom. The van der Waals surface area contributed by atoms with Crippen LogP contribution in [0.1, 0.15) is 58.8 Å². The van der Waals surface area contributed by atoms with Crippen molar-refractivity contribution in [2.45, 2.75) is 40.0 Å². The number of methoxy groups -OCH3 is 1. The van der Waals surface area contributed by atoms with E-state index in [-0.39, 0.29) is 12.5 Å². The number of aromatic nitrogens is 1. The largest absolute Gasteiger partial charge is 0.465 e. The average molecular weight is 323 g/mol. The van der Waals surface area contributed by atoms with Gasteiger partial charge in [-0.15, -0.1) is 0 Å². The molecule has 23 heavy (non-hydrogen) atoms. The summed E-state index contributed by atoms with van der Waals surface area (Å²) >= 11 is 0. The van der Waals surface area contributed by atoms with Crippen LogP contribution in [-0.4, -0.2) is 43.0 Å². The van der Waals surface area contributed by atoms with E-state index in [0.29, 0.717) is 35.5 Å². The lowest BCUT2D eigenvalue weighted by Crippen LogP contribution is -2.37. The highest BCUT2D eigenvalue weighted by Gasteiger charge is 2.24. The molecule has 2 amide bonds. The van der Waals surface area contributed by atoms with Crippen molar-refractivity contribution in [2.24, 2.45) is 0 Å². The van der Waals surface area contributed by atoms with Gasteiger partial charge in [-0.25, -0.2) is 4.79 Å². The minimum atomic E-state index is -0.470. The van der Waals surface area contributed by atoms with Gasteiger partial charge >= 0.3 is 5.97 Å². The van der Waals surface area contributed by atoms with Gasteiger partial charge in [0.1, 0.15) is 5.69 Å². The number of carbonyl (C=O) groups excluding carboxylic acids is 3. The summed E-state index contributed by atoms with van der Waals surface area (Å²) in [5.41, 5.74) is 1.92. The number of rotatable bonds is 8. The summed E-state index contributed by atoms with van der Waals surface area (Å²) in [5, 5.41) is 5.25. The third kappa shape index (κ3) is 4.84. The van der Waals surface area contributed by atoms with Crippen LogP contribution in [0.4, 0.5) is 0 Å². The van der Waals surface area contributed by atoms with Gasteiger partial charge in [-0.2, -0.15) is 0 Å². The van der Waals surface area contributed by atoms with Gasteiger partial charge in [0.2, 0.25) is 5.91 Å². The van der Waals surface area contributed by atoms with Crippen LogP contribution >= 0.6 is 0 Å². The SMILES string of the molecule is CCCNC(=O)CNC(=O)c1[nH]c(C)c(C(=O)OC)c1CCC. The van der Waals surface area contributed by atoms with Crippen molar-refractivity contribution in [3.8, 4) is 0 Å². The number of aromatic amines is 1.